The SMILES string of the molecule is NC(CCCCCc1nonc1-c1noc(=O)n1-c1ccc(F)c(Br)c1)=NC(=O)C1CC1. The molecule has 1 aliphatic carbocycles. The highest BCUT2D eigenvalue weighted by molar-refractivity contribution is 9.10. The number of amides is 1. The lowest BCUT2D eigenvalue weighted by Crippen LogP contribution is -2.14. The van der Waals surface area contributed by atoms with Crippen LogP contribution in [-0.2, 0) is 11.2 Å². The lowest BCUT2D eigenvalue weighted by atomic mass is 10.1. The van der Waals surface area contributed by atoms with Crippen LogP contribution >= 0.6 is 15.9 Å². The summed E-state index contributed by atoms with van der Waals surface area (Å²) < 4.78 is 24.6. The quantitative estimate of drug-likeness (QED) is 0.264. The minimum atomic E-state index is -0.747. The van der Waals surface area contributed by atoms with E-state index in [2.05, 4.69) is 36.4 Å². The Morgan fingerprint density at radius 3 is 2.81 bits per heavy atom. The summed E-state index contributed by atoms with van der Waals surface area (Å²) in [4.78, 5) is 27.8. The average Bonchev–Trinajstić information content (AvgIpc) is 3.41. The molecule has 4 rings (SSSR count). The van der Waals surface area contributed by atoms with Gasteiger partial charge in [0.25, 0.3) is 0 Å². The molecule has 10 nitrogen and oxygen atoms in total. The van der Waals surface area contributed by atoms with Crippen molar-refractivity contribution >= 4 is 27.7 Å². The van der Waals surface area contributed by atoms with Crippen LogP contribution in [-0.4, -0.2) is 31.8 Å². The molecular formula is C20H20BrFN6O4. The molecule has 0 bridgehead atoms. The summed E-state index contributed by atoms with van der Waals surface area (Å²) >= 11 is 3.10. The van der Waals surface area contributed by atoms with Gasteiger partial charge in [-0.2, -0.15) is 0 Å². The molecule has 2 N–H and O–H groups in total. The monoisotopic (exact) mass is 506 g/mol. The number of benzene rings is 1. The predicted molar refractivity (Wildman–Crippen MR) is 115 cm³/mol. The van der Waals surface area contributed by atoms with Crippen LogP contribution in [0.3, 0.4) is 0 Å². The van der Waals surface area contributed by atoms with Gasteiger partial charge in [0.1, 0.15) is 17.3 Å². The van der Waals surface area contributed by atoms with E-state index < -0.39 is 11.6 Å². The summed E-state index contributed by atoms with van der Waals surface area (Å²) in [5.41, 5.74) is 6.96. The van der Waals surface area contributed by atoms with Crippen molar-refractivity contribution in [3.8, 4) is 17.2 Å². The van der Waals surface area contributed by atoms with Gasteiger partial charge in [0, 0.05) is 12.3 Å². The Morgan fingerprint density at radius 2 is 2.06 bits per heavy atom. The lowest BCUT2D eigenvalue weighted by molar-refractivity contribution is -0.118. The third-order valence-electron chi connectivity index (χ3n) is 5.06. The number of amidine groups is 1. The Balaban J connectivity index is 1.39. The number of rotatable bonds is 9. The van der Waals surface area contributed by atoms with E-state index in [9.17, 15) is 14.0 Å². The van der Waals surface area contributed by atoms with Gasteiger partial charge in [-0.1, -0.05) is 16.7 Å². The van der Waals surface area contributed by atoms with Crippen LogP contribution in [0.25, 0.3) is 17.2 Å². The highest BCUT2D eigenvalue weighted by Gasteiger charge is 2.29. The van der Waals surface area contributed by atoms with Crippen molar-refractivity contribution in [2.75, 3.05) is 0 Å². The van der Waals surface area contributed by atoms with E-state index >= 15 is 0 Å². The second kappa shape index (κ2) is 9.55. The van der Waals surface area contributed by atoms with Gasteiger partial charge >= 0.3 is 5.76 Å². The standard InChI is InChI=1S/C20H20BrFN6O4/c21-13-10-12(8-9-14(13)22)28-18(27-31-20(28)30)17-15(25-32-26-17)4-2-1-3-5-16(23)24-19(29)11-6-7-11/h8-11H,1-7H2,(H2,23,24,29). The summed E-state index contributed by atoms with van der Waals surface area (Å²) in [6, 6.07) is 4.08. The van der Waals surface area contributed by atoms with Crippen LogP contribution in [0.1, 0.15) is 44.2 Å². The first kappa shape index (κ1) is 22.1. The van der Waals surface area contributed by atoms with Crippen LogP contribution in [0.2, 0.25) is 0 Å². The van der Waals surface area contributed by atoms with Crippen molar-refractivity contribution in [3.63, 3.8) is 0 Å². The highest BCUT2D eigenvalue weighted by Crippen LogP contribution is 2.30. The van der Waals surface area contributed by atoms with Crippen molar-refractivity contribution in [2.45, 2.75) is 44.9 Å². The molecule has 1 aliphatic rings. The Bertz CT molecular complexity index is 1210. The first-order valence-electron chi connectivity index (χ1n) is 10.2. The Morgan fingerprint density at radius 1 is 1.25 bits per heavy atom. The van der Waals surface area contributed by atoms with Gasteiger partial charge in [-0.15, -0.1) is 0 Å². The number of nitrogens with two attached hydrogens (primary N) is 1. The maximum Gasteiger partial charge on any atom is 0.446 e. The van der Waals surface area contributed by atoms with E-state index in [1.807, 2.05) is 0 Å². The molecule has 2 aromatic heterocycles. The van der Waals surface area contributed by atoms with Gasteiger partial charge in [0.05, 0.1) is 10.2 Å². The number of carbonyl (C=O) groups excluding carboxylic acids is 1. The Labute approximate surface area is 189 Å². The second-order valence-corrected chi connectivity index (χ2v) is 8.40. The number of aliphatic imine (C=N–C) groups is 1. The summed E-state index contributed by atoms with van der Waals surface area (Å²) in [7, 11) is 0. The number of carbonyl (C=O) groups is 1. The van der Waals surface area contributed by atoms with Crippen LogP contribution < -0.4 is 11.5 Å². The second-order valence-electron chi connectivity index (χ2n) is 7.54. The number of unbranched alkanes of at least 4 members (excludes halogenated alkanes) is 2. The molecule has 0 aliphatic heterocycles. The fourth-order valence-corrected chi connectivity index (χ4v) is 3.55. The summed E-state index contributed by atoms with van der Waals surface area (Å²) in [6.45, 7) is 0. The topological polar surface area (TPSA) is 142 Å². The van der Waals surface area contributed by atoms with Crippen molar-refractivity contribution < 1.29 is 18.3 Å². The molecule has 1 amide bonds. The Kier molecular flexibility index (Phi) is 6.58. The zero-order valence-electron chi connectivity index (χ0n) is 17.0. The maximum atomic E-state index is 13.6. The lowest BCUT2D eigenvalue weighted by Gasteiger charge is -2.05. The molecule has 1 fully saturated rings. The Hall–Kier alpha value is -3.15. The first-order chi connectivity index (χ1) is 15.4. The van der Waals surface area contributed by atoms with E-state index in [4.69, 9.17) is 14.9 Å². The number of hydrogen-bond donors (Lipinski definition) is 1. The van der Waals surface area contributed by atoms with Gasteiger partial charge in [-0.3, -0.25) is 9.32 Å². The average molecular weight is 507 g/mol. The molecule has 0 saturated heterocycles. The van der Waals surface area contributed by atoms with E-state index in [0.29, 0.717) is 30.1 Å². The van der Waals surface area contributed by atoms with E-state index in [-0.39, 0.29) is 27.8 Å². The van der Waals surface area contributed by atoms with Gasteiger partial charge in [-0.05, 0) is 71.4 Å². The summed E-state index contributed by atoms with van der Waals surface area (Å²) in [6.07, 6.45) is 5.21. The van der Waals surface area contributed by atoms with Crippen molar-refractivity contribution in [3.05, 3.63) is 44.7 Å². The van der Waals surface area contributed by atoms with Crippen molar-refractivity contribution in [2.24, 2.45) is 16.6 Å². The van der Waals surface area contributed by atoms with Crippen molar-refractivity contribution in [1.29, 1.82) is 0 Å². The molecule has 2 heterocycles. The molecule has 0 spiro atoms. The predicted octanol–water partition coefficient (Wildman–Crippen LogP) is 3.17. The zero-order chi connectivity index (χ0) is 22.7. The van der Waals surface area contributed by atoms with Crippen LogP contribution in [0.4, 0.5) is 4.39 Å². The number of nitrogens with zero attached hydrogens (tertiary/aromatic N) is 5. The molecule has 0 atom stereocenters. The van der Waals surface area contributed by atoms with E-state index in [1.54, 1.807) is 0 Å². The molecule has 3 aromatic rings. The van der Waals surface area contributed by atoms with Gasteiger partial charge < -0.3 is 5.73 Å². The molecule has 1 saturated carbocycles. The molecule has 32 heavy (non-hydrogen) atoms. The maximum absolute atomic E-state index is 13.6. The minimum Gasteiger partial charge on any atom is -0.387 e. The molecule has 0 unspecified atom stereocenters. The van der Waals surface area contributed by atoms with Gasteiger partial charge in [-0.25, -0.2) is 23.4 Å². The third-order valence-corrected chi connectivity index (χ3v) is 5.67. The van der Waals surface area contributed by atoms with E-state index in [0.717, 1.165) is 32.1 Å². The summed E-state index contributed by atoms with van der Waals surface area (Å²) in [5, 5.41) is 11.6. The highest BCUT2D eigenvalue weighted by atomic mass is 79.9. The third kappa shape index (κ3) is 5.01. The summed E-state index contributed by atoms with van der Waals surface area (Å²) in [5.74, 6) is -0.791. The normalized spacial score (nSPS) is 14.1. The minimum absolute atomic E-state index is 0.0663. The van der Waals surface area contributed by atoms with Gasteiger partial charge in [0.2, 0.25) is 11.7 Å². The fourth-order valence-electron chi connectivity index (χ4n) is 3.19. The van der Waals surface area contributed by atoms with Gasteiger partial charge in [0.15, 0.2) is 5.69 Å². The number of halogens is 2. The zero-order valence-corrected chi connectivity index (χ0v) is 18.5. The van der Waals surface area contributed by atoms with Crippen LogP contribution in [0, 0.1) is 11.7 Å². The number of aromatic nitrogens is 4. The first-order valence-corrected chi connectivity index (χ1v) is 11.0. The molecule has 168 valence electrons. The number of hydrogen-bond acceptors (Lipinski definition) is 7. The smallest absolute Gasteiger partial charge is 0.387 e. The molecule has 1 aromatic carbocycles. The van der Waals surface area contributed by atoms with E-state index in [1.165, 1.54) is 22.8 Å². The largest absolute Gasteiger partial charge is 0.446 e. The molecule has 0 radical (unpaired) electrons. The van der Waals surface area contributed by atoms with Crippen LogP contribution in [0.5, 0.6) is 0 Å². The molecular weight excluding hydrogens is 487 g/mol. The molecule has 12 heteroatoms. The fraction of sp³-hybridized carbons (Fsp3) is 0.400. The van der Waals surface area contributed by atoms with Crippen molar-refractivity contribution in [1.82, 2.24) is 20.0 Å². The number of aryl methyl sites for hydroxylation is 1. The van der Waals surface area contributed by atoms with Crippen LogP contribution in [0.15, 0.2) is 41.6 Å².